The largest absolute Gasteiger partial charge is 0.465 e. The maximum Gasteiger partial charge on any atom is 0.407 e. The van der Waals surface area contributed by atoms with Crippen LogP contribution in [0.15, 0.2) is 18.2 Å². The molecule has 2 aliphatic rings. The van der Waals surface area contributed by atoms with E-state index in [1.165, 1.54) is 4.90 Å². The van der Waals surface area contributed by atoms with E-state index >= 15 is 0 Å². The Kier molecular flexibility index (Phi) is 3.43. The number of carbonyl (C=O) groups is 2. The molecule has 0 bridgehead atoms. The first-order valence-electron chi connectivity index (χ1n) is 8.08. The van der Waals surface area contributed by atoms with Gasteiger partial charge in [0.1, 0.15) is 0 Å². The van der Waals surface area contributed by atoms with Crippen LogP contribution in [0.25, 0.3) is 0 Å². The molecule has 2 aliphatic heterocycles. The van der Waals surface area contributed by atoms with Gasteiger partial charge < -0.3 is 14.9 Å². The topological polar surface area (TPSA) is 60.9 Å². The van der Waals surface area contributed by atoms with Crippen LogP contribution in [0.5, 0.6) is 0 Å². The predicted octanol–water partition coefficient (Wildman–Crippen LogP) is 3.04. The third-order valence-corrected chi connectivity index (χ3v) is 5.40. The zero-order chi connectivity index (χ0) is 17.0. The van der Waals surface area contributed by atoms with Crippen LogP contribution < -0.4 is 0 Å². The van der Waals surface area contributed by atoms with E-state index in [2.05, 4.69) is 20.8 Å². The molecule has 5 nitrogen and oxygen atoms in total. The fourth-order valence-corrected chi connectivity index (χ4v) is 4.01. The number of hydrogen-bond donors (Lipinski definition) is 1. The summed E-state index contributed by atoms with van der Waals surface area (Å²) in [4.78, 5) is 27.4. The summed E-state index contributed by atoms with van der Waals surface area (Å²) in [6.45, 7) is 7.29. The molecule has 1 fully saturated rings. The van der Waals surface area contributed by atoms with E-state index in [1.54, 1.807) is 0 Å². The molecule has 1 aromatic rings. The lowest BCUT2D eigenvalue weighted by Gasteiger charge is -2.43. The van der Waals surface area contributed by atoms with Crippen molar-refractivity contribution in [2.24, 2.45) is 0 Å². The number of amides is 2. The Morgan fingerprint density at radius 3 is 2.35 bits per heavy atom. The summed E-state index contributed by atoms with van der Waals surface area (Å²) in [5, 5.41) is 9.18. The van der Waals surface area contributed by atoms with Gasteiger partial charge in [-0.05, 0) is 29.4 Å². The number of likely N-dealkylation sites (tertiary alicyclic amines) is 1. The van der Waals surface area contributed by atoms with Crippen molar-refractivity contribution < 1.29 is 14.7 Å². The highest BCUT2D eigenvalue weighted by atomic mass is 16.4. The van der Waals surface area contributed by atoms with Gasteiger partial charge in [0.05, 0.1) is 5.54 Å². The maximum atomic E-state index is 12.9. The van der Waals surface area contributed by atoms with Crippen molar-refractivity contribution in [3.8, 4) is 0 Å². The normalized spacial score (nSPS) is 20.1. The Labute approximate surface area is 136 Å². The van der Waals surface area contributed by atoms with Crippen molar-refractivity contribution >= 4 is 12.0 Å². The third-order valence-electron chi connectivity index (χ3n) is 5.40. The molecular weight excluding hydrogens is 292 g/mol. The maximum absolute atomic E-state index is 12.9. The molecule has 0 aromatic heterocycles. The molecule has 0 aliphatic carbocycles. The van der Waals surface area contributed by atoms with Gasteiger partial charge in [-0.25, -0.2) is 4.79 Å². The standard InChI is InChI=1S/C18H24N2O3/c1-17(2,3)12-6-5-7-13-14(12)15(21)19(4)18(13)8-10-20(11-9-18)16(22)23/h5-7H,8-11H2,1-4H3,(H,22,23). The average molecular weight is 316 g/mol. The second kappa shape index (κ2) is 4.98. The Hall–Kier alpha value is -2.04. The van der Waals surface area contributed by atoms with Crippen LogP contribution in [-0.2, 0) is 11.0 Å². The van der Waals surface area contributed by atoms with Gasteiger partial charge in [-0.3, -0.25) is 4.79 Å². The quantitative estimate of drug-likeness (QED) is 0.800. The van der Waals surface area contributed by atoms with Crippen molar-refractivity contribution in [2.45, 2.75) is 44.6 Å². The minimum absolute atomic E-state index is 0.0642. The lowest BCUT2D eigenvalue weighted by Crippen LogP contribution is -2.51. The Morgan fingerprint density at radius 2 is 1.83 bits per heavy atom. The van der Waals surface area contributed by atoms with Gasteiger partial charge in [0.15, 0.2) is 0 Å². The summed E-state index contributed by atoms with van der Waals surface area (Å²) in [5.74, 6) is 0.0642. The molecule has 124 valence electrons. The molecule has 0 unspecified atom stereocenters. The first kappa shape index (κ1) is 15.8. The lowest BCUT2D eigenvalue weighted by atomic mass is 9.77. The Morgan fingerprint density at radius 1 is 1.22 bits per heavy atom. The summed E-state index contributed by atoms with van der Waals surface area (Å²) in [6, 6.07) is 6.11. The van der Waals surface area contributed by atoms with Crippen LogP contribution in [0.3, 0.4) is 0 Å². The summed E-state index contributed by atoms with van der Waals surface area (Å²) in [5.41, 5.74) is 2.51. The first-order chi connectivity index (χ1) is 10.7. The smallest absolute Gasteiger partial charge is 0.407 e. The van der Waals surface area contributed by atoms with Crippen LogP contribution in [0, 0.1) is 0 Å². The number of rotatable bonds is 0. The number of benzene rings is 1. The molecule has 1 N–H and O–H groups in total. The van der Waals surface area contributed by atoms with E-state index in [0.29, 0.717) is 25.9 Å². The van der Waals surface area contributed by atoms with Gasteiger partial charge >= 0.3 is 6.09 Å². The second-order valence-electron chi connectivity index (χ2n) is 7.64. The molecular formula is C18H24N2O3. The van der Waals surface area contributed by atoms with E-state index < -0.39 is 6.09 Å². The molecule has 1 spiro atoms. The minimum atomic E-state index is -0.879. The van der Waals surface area contributed by atoms with Gasteiger partial charge in [0, 0.05) is 25.7 Å². The van der Waals surface area contributed by atoms with Gasteiger partial charge in [0.2, 0.25) is 0 Å². The number of hydrogen-bond acceptors (Lipinski definition) is 2. The van der Waals surface area contributed by atoms with Crippen LogP contribution >= 0.6 is 0 Å². The van der Waals surface area contributed by atoms with Crippen molar-refractivity contribution in [1.82, 2.24) is 9.80 Å². The van der Waals surface area contributed by atoms with E-state index in [4.69, 9.17) is 0 Å². The van der Waals surface area contributed by atoms with Gasteiger partial charge in [0.25, 0.3) is 5.91 Å². The van der Waals surface area contributed by atoms with Crippen molar-refractivity contribution in [2.75, 3.05) is 20.1 Å². The minimum Gasteiger partial charge on any atom is -0.465 e. The third kappa shape index (κ3) is 2.21. The second-order valence-corrected chi connectivity index (χ2v) is 7.64. The fraction of sp³-hybridized carbons (Fsp3) is 0.556. The van der Waals surface area contributed by atoms with Crippen molar-refractivity contribution in [3.05, 3.63) is 34.9 Å². The van der Waals surface area contributed by atoms with E-state index in [1.807, 2.05) is 30.1 Å². The van der Waals surface area contributed by atoms with Crippen LogP contribution in [0.1, 0.15) is 55.1 Å². The van der Waals surface area contributed by atoms with Crippen LogP contribution in [0.2, 0.25) is 0 Å². The fourth-order valence-electron chi connectivity index (χ4n) is 4.01. The number of nitrogens with zero attached hydrogens (tertiary/aromatic N) is 2. The molecule has 23 heavy (non-hydrogen) atoms. The van der Waals surface area contributed by atoms with Gasteiger partial charge in [-0.2, -0.15) is 0 Å². The van der Waals surface area contributed by atoms with Crippen LogP contribution in [0.4, 0.5) is 4.79 Å². The van der Waals surface area contributed by atoms with E-state index in [-0.39, 0.29) is 16.9 Å². The molecule has 2 heterocycles. The highest BCUT2D eigenvalue weighted by Gasteiger charge is 2.50. The molecule has 0 radical (unpaired) electrons. The number of piperidine rings is 1. The molecule has 2 amide bonds. The summed E-state index contributed by atoms with van der Waals surface area (Å²) in [7, 11) is 1.85. The van der Waals surface area contributed by atoms with E-state index in [0.717, 1.165) is 16.7 Å². The predicted molar refractivity (Wildman–Crippen MR) is 87.7 cm³/mol. The zero-order valence-corrected chi connectivity index (χ0v) is 14.2. The highest BCUT2D eigenvalue weighted by Crippen LogP contribution is 2.47. The zero-order valence-electron chi connectivity index (χ0n) is 14.2. The van der Waals surface area contributed by atoms with Gasteiger partial charge in [-0.1, -0.05) is 39.0 Å². The van der Waals surface area contributed by atoms with Crippen LogP contribution in [-0.4, -0.2) is 47.0 Å². The SMILES string of the molecule is CN1C(=O)c2c(C(C)(C)C)cccc2C12CCN(C(=O)O)CC2. The molecule has 1 aromatic carbocycles. The molecule has 3 rings (SSSR count). The summed E-state index contributed by atoms with van der Waals surface area (Å²) in [6.07, 6.45) is 0.431. The average Bonchev–Trinajstić information content (AvgIpc) is 2.70. The molecule has 1 saturated heterocycles. The van der Waals surface area contributed by atoms with Gasteiger partial charge in [-0.15, -0.1) is 0 Å². The molecule has 0 atom stereocenters. The number of carbonyl (C=O) groups excluding carboxylic acids is 1. The van der Waals surface area contributed by atoms with Crippen molar-refractivity contribution in [1.29, 1.82) is 0 Å². The molecule has 5 heteroatoms. The molecule has 0 saturated carbocycles. The summed E-state index contributed by atoms with van der Waals surface area (Å²) >= 11 is 0. The Balaban J connectivity index is 2.08. The summed E-state index contributed by atoms with van der Waals surface area (Å²) < 4.78 is 0. The highest BCUT2D eigenvalue weighted by molar-refractivity contribution is 6.01. The lowest BCUT2D eigenvalue weighted by molar-refractivity contribution is 0.0392. The Bertz CT molecular complexity index is 667. The number of fused-ring (bicyclic) bond motifs is 2. The van der Waals surface area contributed by atoms with Crippen molar-refractivity contribution in [3.63, 3.8) is 0 Å². The number of carboxylic acid groups (broad SMARTS) is 1. The monoisotopic (exact) mass is 316 g/mol. The first-order valence-corrected chi connectivity index (χ1v) is 8.08. The van der Waals surface area contributed by atoms with E-state index in [9.17, 15) is 14.7 Å².